The van der Waals surface area contributed by atoms with E-state index in [0.717, 1.165) is 19.4 Å². The van der Waals surface area contributed by atoms with E-state index in [2.05, 4.69) is 56.3 Å². The Kier molecular flexibility index (Phi) is 18.0. The SMILES string of the molecule is CCCCCCCCCC(CCCCCCCCOC(C)c1ccc2ccccc2c1)CCOCP(=O)(O)O. The van der Waals surface area contributed by atoms with Gasteiger partial charge in [-0.2, -0.15) is 0 Å². The monoisotopic (exact) mass is 562 g/mol. The summed E-state index contributed by atoms with van der Waals surface area (Å²) in [5.41, 5.74) is 1.24. The van der Waals surface area contributed by atoms with Crippen molar-refractivity contribution in [3.63, 3.8) is 0 Å². The molecule has 0 aliphatic rings. The zero-order valence-electron chi connectivity index (χ0n) is 24.7. The Morgan fingerprint density at radius 1 is 0.718 bits per heavy atom. The Morgan fingerprint density at radius 3 is 1.95 bits per heavy atom. The van der Waals surface area contributed by atoms with Crippen molar-refractivity contribution in [3.05, 3.63) is 48.0 Å². The molecular weight excluding hydrogens is 507 g/mol. The second-order valence-electron chi connectivity index (χ2n) is 11.3. The number of ether oxygens (including phenoxy) is 2. The fourth-order valence-electron chi connectivity index (χ4n) is 5.32. The number of unbranched alkanes of at least 4 members (excludes halogenated alkanes) is 11. The van der Waals surface area contributed by atoms with E-state index in [4.69, 9.17) is 19.3 Å². The molecule has 2 aromatic carbocycles. The molecule has 0 radical (unpaired) electrons. The van der Waals surface area contributed by atoms with Crippen LogP contribution >= 0.6 is 7.60 Å². The fourth-order valence-corrected chi connectivity index (χ4v) is 5.68. The Hall–Kier alpha value is -1.23. The molecule has 222 valence electrons. The van der Waals surface area contributed by atoms with Gasteiger partial charge in [0.05, 0.1) is 6.10 Å². The van der Waals surface area contributed by atoms with Crippen molar-refractivity contribution in [2.75, 3.05) is 19.6 Å². The van der Waals surface area contributed by atoms with Crippen molar-refractivity contribution in [2.24, 2.45) is 5.92 Å². The molecule has 0 bridgehead atoms. The molecule has 0 spiro atoms. The third-order valence-electron chi connectivity index (χ3n) is 7.76. The Labute approximate surface area is 238 Å². The Bertz CT molecular complexity index is 927. The predicted molar refractivity (Wildman–Crippen MR) is 164 cm³/mol. The third-order valence-corrected chi connectivity index (χ3v) is 8.28. The highest BCUT2D eigenvalue weighted by atomic mass is 31.2. The van der Waals surface area contributed by atoms with Crippen molar-refractivity contribution in [3.8, 4) is 0 Å². The first-order valence-electron chi connectivity index (χ1n) is 15.6. The molecule has 2 atom stereocenters. The summed E-state index contributed by atoms with van der Waals surface area (Å²) in [7, 11) is -4.07. The molecule has 0 aliphatic carbocycles. The number of benzene rings is 2. The molecule has 0 aliphatic heterocycles. The van der Waals surface area contributed by atoms with Crippen molar-refractivity contribution >= 4 is 18.4 Å². The van der Waals surface area contributed by atoms with Gasteiger partial charge in [-0.15, -0.1) is 0 Å². The number of fused-ring (bicyclic) bond motifs is 1. The van der Waals surface area contributed by atoms with E-state index >= 15 is 0 Å². The van der Waals surface area contributed by atoms with E-state index < -0.39 is 13.9 Å². The van der Waals surface area contributed by atoms with Gasteiger partial charge in [0.2, 0.25) is 0 Å². The summed E-state index contributed by atoms with van der Waals surface area (Å²) in [5.74, 6) is 0.599. The van der Waals surface area contributed by atoms with E-state index in [9.17, 15) is 4.57 Å². The van der Waals surface area contributed by atoms with Gasteiger partial charge in [-0.1, -0.05) is 133 Å². The summed E-state index contributed by atoms with van der Waals surface area (Å²) < 4.78 is 22.4. The van der Waals surface area contributed by atoms with Crippen LogP contribution in [0.5, 0.6) is 0 Å². The molecule has 2 aromatic rings. The van der Waals surface area contributed by atoms with Crippen LogP contribution in [0.3, 0.4) is 0 Å². The lowest BCUT2D eigenvalue weighted by molar-refractivity contribution is 0.0628. The topological polar surface area (TPSA) is 76.0 Å². The summed E-state index contributed by atoms with van der Waals surface area (Å²) in [5, 5.41) is 2.54. The third kappa shape index (κ3) is 16.6. The Balaban J connectivity index is 1.54. The van der Waals surface area contributed by atoms with Crippen molar-refractivity contribution in [1.29, 1.82) is 0 Å². The van der Waals surface area contributed by atoms with Gasteiger partial charge in [0.25, 0.3) is 0 Å². The van der Waals surface area contributed by atoms with Gasteiger partial charge in [-0.3, -0.25) is 4.57 Å². The number of rotatable bonds is 24. The highest BCUT2D eigenvalue weighted by molar-refractivity contribution is 7.51. The first kappa shape index (κ1) is 34.0. The first-order chi connectivity index (χ1) is 18.9. The summed E-state index contributed by atoms with van der Waals surface area (Å²) in [6, 6.07) is 15.1. The molecule has 2 rings (SSSR count). The van der Waals surface area contributed by atoms with Crippen LogP contribution in [0.2, 0.25) is 0 Å². The molecule has 0 saturated heterocycles. The Morgan fingerprint density at radius 2 is 1.31 bits per heavy atom. The zero-order chi connectivity index (χ0) is 28.2. The minimum absolute atomic E-state index is 0.119. The van der Waals surface area contributed by atoms with E-state index in [1.54, 1.807) is 0 Å². The zero-order valence-corrected chi connectivity index (χ0v) is 25.6. The van der Waals surface area contributed by atoms with Gasteiger partial charge in [0.15, 0.2) is 0 Å². The highest BCUT2D eigenvalue weighted by Crippen LogP contribution is 2.34. The average Bonchev–Trinajstić information content (AvgIpc) is 2.92. The molecule has 0 fully saturated rings. The average molecular weight is 563 g/mol. The van der Waals surface area contributed by atoms with Crippen LogP contribution in [0.1, 0.15) is 128 Å². The fraction of sp³-hybridized carbons (Fsp3) is 0.697. The van der Waals surface area contributed by atoms with Crippen molar-refractivity contribution < 1.29 is 23.8 Å². The van der Waals surface area contributed by atoms with Gasteiger partial charge >= 0.3 is 7.60 Å². The van der Waals surface area contributed by atoms with Crippen LogP contribution in [0, 0.1) is 5.92 Å². The molecule has 2 N–H and O–H groups in total. The largest absolute Gasteiger partial charge is 0.374 e. The smallest absolute Gasteiger partial charge is 0.350 e. The summed E-state index contributed by atoms with van der Waals surface area (Å²) >= 11 is 0. The van der Waals surface area contributed by atoms with Gasteiger partial charge in [-0.25, -0.2) is 0 Å². The first-order valence-corrected chi connectivity index (χ1v) is 17.4. The van der Waals surface area contributed by atoms with Gasteiger partial charge < -0.3 is 19.3 Å². The lowest BCUT2D eigenvalue weighted by atomic mass is 9.91. The normalized spacial score (nSPS) is 13.6. The van der Waals surface area contributed by atoms with Crippen molar-refractivity contribution in [1.82, 2.24) is 0 Å². The molecule has 0 saturated carbocycles. The highest BCUT2D eigenvalue weighted by Gasteiger charge is 2.14. The number of hydrogen-bond acceptors (Lipinski definition) is 3. The van der Waals surface area contributed by atoms with E-state index in [1.165, 1.54) is 106 Å². The molecular formula is C33H55O5P. The van der Waals surface area contributed by atoms with Crippen LogP contribution in [0.4, 0.5) is 0 Å². The van der Waals surface area contributed by atoms with E-state index in [-0.39, 0.29) is 6.10 Å². The van der Waals surface area contributed by atoms with Crippen LogP contribution < -0.4 is 0 Å². The van der Waals surface area contributed by atoms with Crippen LogP contribution in [-0.2, 0) is 14.0 Å². The molecule has 0 amide bonds. The minimum Gasteiger partial charge on any atom is -0.374 e. The molecule has 0 heterocycles. The van der Waals surface area contributed by atoms with Gasteiger partial charge in [0, 0.05) is 13.2 Å². The molecule has 0 aromatic heterocycles. The van der Waals surface area contributed by atoms with E-state index in [1.807, 2.05) is 0 Å². The maximum atomic E-state index is 11.0. The number of hydrogen-bond donors (Lipinski definition) is 2. The quantitative estimate of drug-likeness (QED) is 0.0983. The standard InChI is InChI=1S/C33H55O5P/c1-3-4-5-6-7-10-13-18-30(24-26-37-28-39(34,35)36)19-14-11-8-9-12-17-25-38-29(2)32-23-22-31-20-15-16-21-33(31)27-32/h15-16,20-23,27,29-30H,3-14,17-19,24-26,28H2,1-2H3,(H2,34,35,36). The van der Waals surface area contributed by atoms with Crippen LogP contribution in [0.25, 0.3) is 10.8 Å². The minimum atomic E-state index is -4.07. The maximum Gasteiger partial charge on any atom is 0.350 e. The predicted octanol–water partition coefficient (Wildman–Crippen LogP) is 9.95. The van der Waals surface area contributed by atoms with Crippen LogP contribution in [0.15, 0.2) is 42.5 Å². The van der Waals surface area contributed by atoms with Gasteiger partial charge in [0.1, 0.15) is 6.35 Å². The second kappa shape index (κ2) is 20.6. The summed E-state index contributed by atoms with van der Waals surface area (Å²) in [4.78, 5) is 18.0. The lowest BCUT2D eigenvalue weighted by Gasteiger charge is -2.17. The van der Waals surface area contributed by atoms with E-state index in [0.29, 0.717) is 12.5 Å². The van der Waals surface area contributed by atoms with Crippen molar-refractivity contribution in [2.45, 2.75) is 123 Å². The molecule has 6 heteroatoms. The molecule has 2 unspecified atom stereocenters. The molecule has 39 heavy (non-hydrogen) atoms. The molecule has 5 nitrogen and oxygen atoms in total. The summed E-state index contributed by atoms with van der Waals surface area (Å²) in [6.45, 7) is 5.65. The lowest BCUT2D eigenvalue weighted by Crippen LogP contribution is -2.07. The van der Waals surface area contributed by atoms with Crippen LogP contribution in [-0.4, -0.2) is 29.3 Å². The van der Waals surface area contributed by atoms with Gasteiger partial charge in [-0.05, 0) is 48.1 Å². The summed E-state index contributed by atoms with van der Waals surface area (Å²) in [6.07, 6.45) is 19.5. The second-order valence-corrected chi connectivity index (χ2v) is 12.9. The maximum absolute atomic E-state index is 11.0.